The van der Waals surface area contributed by atoms with E-state index in [1.54, 1.807) is 18.2 Å². The van der Waals surface area contributed by atoms with Crippen molar-refractivity contribution in [3.8, 4) is 0 Å². The molecule has 2 fully saturated rings. The fourth-order valence-corrected chi connectivity index (χ4v) is 5.12. The van der Waals surface area contributed by atoms with E-state index in [0.717, 1.165) is 10.9 Å². The first-order chi connectivity index (χ1) is 13.3. The van der Waals surface area contributed by atoms with Crippen LogP contribution in [0, 0.1) is 11.8 Å². The predicted molar refractivity (Wildman–Crippen MR) is 104 cm³/mol. The van der Waals surface area contributed by atoms with Gasteiger partial charge in [-0.15, -0.1) is 0 Å². The highest BCUT2D eigenvalue weighted by Gasteiger charge is 2.70. The van der Waals surface area contributed by atoms with Crippen molar-refractivity contribution in [2.24, 2.45) is 17.6 Å². The average Bonchev–Trinajstić information content (AvgIpc) is 3.19. The van der Waals surface area contributed by atoms with Gasteiger partial charge in [-0.25, -0.2) is 0 Å². The van der Waals surface area contributed by atoms with Crippen LogP contribution in [0.4, 0.5) is 5.69 Å². The number of rotatable bonds is 5. The number of nitrogens with zero attached hydrogens (tertiary/aromatic N) is 1. The molecule has 1 spiro atoms. The maximum atomic E-state index is 13.3. The van der Waals surface area contributed by atoms with Crippen LogP contribution in [0.15, 0.2) is 22.7 Å². The Kier molecular flexibility index (Phi) is 4.54. The predicted octanol–water partition coefficient (Wildman–Crippen LogP) is 0.845. The number of anilines is 1. The Morgan fingerprint density at radius 2 is 2.04 bits per heavy atom. The molecule has 8 nitrogen and oxygen atoms in total. The maximum Gasteiger partial charge on any atom is 0.250 e. The molecule has 0 unspecified atom stereocenters. The zero-order valence-electron chi connectivity index (χ0n) is 15.3. The summed E-state index contributed by atoms with van der Waals surface area (Å²) >= 11 is 3.41. The second-order valence-corrected chi connectivity index (χ2v) is 8.47. The molecule has 0 bridgehead atoms. The minimum Gasteiger partial charge on any atom is -0.370 e. The van der Waals surface area contributed by atoms with E-state index in [1.165, 1.54) is 4.90 Å². The molecular formula is C19H21BrN4O4. The minimum atomic E-state index is -1.39. The molecule has 4 N–H and O–H groups in total. The zero-order chi connectivity index (χ0) is 20.2. The summed E-state index contributed by atoms with van der Waals surface area (Å²) in [6, 6.07) is 4.64. The van der Waals surface area contributed by atoms with Gasteiger partial charge in [0, 0.05) is 34.7 Å². The number of benzene rings is 1. The number of halogens is 1. The highest BCUT2D eigenvalue weighted by Crippen LogP contribution is 2.53. The number of nitrogens with two attached hydrogens (primary N) is 1. The molecule has 28 heavy (non-hydrogen) atoms. The first kappa shape index (κ1) is 19.1. The maximum absolute atomic E-state index is 13.3. The number of hydrogen-bond donors (Lipinski definition) is 3. The Labute approximate surface area is 170 Å². The lowest BCUT2D eigenvalue weighted by atomic mass is 9.76. The third-order valence-corrected chi connectivity index (χ3v) is 6.42. The largest absolute Gasteiger partial charge is 0.370 e. The molecule has 1 aromatic rings. The highest BCUT2D eigenvalue weighted by atomic mass is 79.9. The summed E-state index contributed by atoms with van der Waals surface area (Å²) in [7, 11) is 0. The van der Waals surface area contributed by atoms with E-state index in [0.29, 0.717) is 24.2 Å². The van der Waals surface area contributed by atoms with Crippen molar-refractivity contribution in [3.05, 3.63) is 28.2 Å². The fraction of sp³-hybridized carbons (Fsp3) is 0.474. The summed E-state index contributed by atoms with van der Waals surface area (Å²) in [6.45, 7) is 2.29. The van der Waals surface area contributed by atoms with Crippen LogP contribution in [-0.4, -0.2) is 41.1 Å². The van der Waals surface area contributed by atoms with Crippen molar-refractivity contribution in [1.82, 2.24) is 10.2 Å². The van der Waals surface area contributed by atoms with E-state index in [4.69, 9.17) is 5.73 Å². The first-order valence-electron chi connectivity index (χ1n) is 9.34. The third-order valence-electron chi connectivity index (χ3n) is 5.92. The fourth-order valence-electron chi connectivity index (χ4n) is 4.76. The lowest BCUT2D eigenvalue weighted by Gasteiger charge is -2.29. The van der Waals surface area contributed by atoms with Crippen LogP contribution in [0.3, 0.4) is 0 Å². The summed E-state index contributed by atoms with van der Waals surface area (Å²) in [5, 5.41) is 5.99. The van der Waals surface area contributed by atoms with Gasteiger partial charge in [0.25, 0.3) is 0 Å². The topological polar surface area (TPSA) is 122 Å². The molecule has 9 heteroatoms. The van der Waals surface area contributed by atoms with Gasteiger partial charge in [-0.3, -0.25) is 29.4 Å². The van der Waals surface area contributed by atoms with Crippen molar-refractivity contribution < 1.29 is 19.2 Å². The number of primary amides is 1. The molecule has 148 valence electrons. The van der Waals surface area contributed by atoms with E-state index in [9.17, 15) is 19.2 Å². The van der Waals surface area contributed by atoms with Crippen molar-refractivity contribution in [2.45, 2.75) is 37.8 Å². The SMILES string of the molecule is CCCCN1C(=O)[C@H]2[C@@H](C1=O)[C@]1(N[C@@H]2CC(N)=O)C(=O)Nc2ccc(Br)cc21. The second kappa shape index (κ2) is 6.66. The Balaban J connectivity index is 1.85. The molecule has 4 rings (SSSR count). The van der Waals surface area contributed by atoms with Gasteiger partial charge in [0.2, 0.25) is 23.6 Å². The van der Waals surface area contributed by atoms with Gasteiger partial charge < -0.3 is 11.1 Å². The first-order valence-corrected chi connectivity index (χ1v) is 10.1. The van der Waals surface area contributed by atoms with Crippen molar-refractivity contribution in [3.63, 3.8) is 0 Å². The summed E-state index contributed by atoms with van der Waals surface area (Å²) in [6.07, 6.45) is 1.39. The normalized spacial score (nSPS) is 30.7. The van der Waals surface area contributed by atoms with Crippen LogP contribution in [0.1, 0.15) is 31.7 Å². The van der Waals surface area contributed by atoms with Crippen molar-refractivity contribution in [2.75, 3.05) is 11.9 Å². The summed E-state index contributed by atoms with van der Waals surface area (Å²) in [5.74, 6) is -3.39. The Bertz CT molecular complexity index is 904. The van der Waals surface area contributed by atoms with Crippen molar-refractivity contribution in [1.29, 1.82) is 0 Å². The van der Waals surface area contributed by atoms with Gasteiger partial charge in [-0.1, -0.05) is 29.3 Å². The van der Waals surface area contributed by atoms with Crippen LogP contribution in [0.5, 0.6) is 0 Å². The smallest absolute Gasteiger partial charge is 0.250 e. The average molecular weight is 449 g/mol. The Morgan fingerprint density at radius 3 is 2.71 bits per heavy atom. The molecular weight excluding hydrogens is 428 g/mol. The van der Waals surface area contributed by atoms with Crippen molar-refractivity contribution >= 4 is 45.2 Å². The number of carbonyl (C=O) groups excluding carboxylic acids is 4. The molecule has 4 amide bonds. The molecule has 3 heterocycles. The summed E-state index contributed by atoms with van der Waals surface area (Å²) in [5.41, 5.74) is 5.20. The van der Waals surface area contributed by atoms with Crippen LogP contribution >= 0.6 is 15.9 Å². The zero-order valence-corrected chi connectivity index (χ0v) is 16.9. The lowest BCUT2D eigenvalue weighted by molar-refractivity contribution is -0.142. The van der Waals surface area contributed by atoms with E-state index < -0.39 is 29.3 Å². The molecule has 3 aliphatic heterocycles. The highest BCUT2D eigenvalue weighted by molar-refractivity contribution is 9.10. The van der Waals surface area contributed by atoms with Gasteiger partial charge in [0.15, 0.2) is 0 Å². The van der Waals surface area contributed by atoms with Gasteiger partial charge in [-0.2, -0.15) is 0 Å². The van der Waals surface area contributed by atoms with Gasteiger partial charge in [-0.05, 0) is 24.6 Å². The minimum absolute atomic E-state index is 0.125. The molecule has 0 aromatic heterocycles. The standard InChI is InChI=1S/C19H21BrN4O4/c1-2-3-6-24-16(26)14-12(8-13(21)25)23-19(15(14)17(24)27)10-7-9(20)4-5-11(10)22-18(19)28/h4-5,7,12,14-15,23H,2-3,6,8H2,1H3,(H2,21,25)(H,22,28)/t12-,14-,15+,19+/m1/s1. The second-order valence-electron chi connectivity index (χ2n) is 7.56. The Morgan fingerprint density at radius 1 is 1.29 bits per heavy atom. The number of imide groups is 1. The molecule has 0 aliphatic carbocycles. The molecule has 0 radical (unpaired) electrons. The molecule has 2 saturated heterocycles. The quantitative estimate of drug-likeness (QED) is 0.576. The van der Waals surface area contributed by atoms with Gasteiger partial charge >= 0.3 is 0 Å². The van der Waals surface area contributed by atoms with Crippen LogP contribution in [0.2, 0.25) is 0 Å². The molecule has 3 aliphatic rings. The lowest BCUT2D eigenvalue weighted by Crippen LogP contribution is -2.53. The number of unbranched alkanes of at least 4 members (excludes halogenated alkanes) is 1. The van der Waals surface area contributed by atoms with E-state index in [2.05, 4.69) is 26.6 Å². The van der Waals surface area contributed by atoms with Gasteiger partial charge in [0.1, 0.15) is 5.54 Å². The number of nitrogens with one attached hydrogen (secondary N) is 2. The van der Waals surface area contributed by atoms with E-state index >= 15 is 0 Å². The summed E-state index contributed by atoms with van der Waals surface area (Å²) < 4.78 is 0.749. The van der Waals surface area contributed by atoms with E-state index in [-0.39, 0.29) is 24.1 Å². The monoisotopic (exact) mass is 448 g/mol. The van der Waals surface area contributed by atoms with E-state index in [1.807, 2.05) is 6.92 Å². The van der Waals surface area contributed by atoms with Gasteiger partial charge in [0.05, 0.1) is 11.8 Å². The number of fused-ring (bicyclic) bond motifs is 4. The van der Waals surface area contributed by atoms with Crippen LogP contribution in [0.25, 0.3) is 0 Å². The Hall–Kier alpha value is -2.26. The third kappa shape index (κ3) is 2.52. The van der Waals surface area contributed by atoms with Crippen LogP contribution in [-0.2, 0) is 24.7 Å². The number of carbonyl (C=O) groups is 4. The number of hydrogen-bond acceptors (Lipinski definition) is 5. The number of amides is 4. The molecule has 0 saturated carbocycles. The summed E-state index contributed by atoms with van der Waals surface area (Å²) in [4.78, 5) is 52.4. The van der Waals surface area contributed by atoms with Crippen LogP contribution < -0.4 is 16.4 Å². The molecule has 1 aromatic carbocycles. The molecule has 4 atom stereocenters. The number of likely N-dealkylation sites (tertiary alicyclic amines) is 1.